The van der Waals surface area contributed by atoms with E-state index >= 15 is 0 Å². The molecule has 0 saturated heterocycles. The average Bonchev–Trinajstić information content (AvgIpc) is 3.25. The van der Waals surface area contributed by atoms with Crippen LogP contribution in [0.1, 0.15) is 27.2 Å². The van der Waals surface area contributed by atoms with Crippen LogP contribution in [0.15, 0.2) is 67.0 Å². The number of nitrogens with zero attached hydrogens (tertiary/aromatic N) is 2. The number of rotatable bonds is 8. The van der Waals surface area contributed by atoms with Crippen LogP contribution in [0.4, 0.5) is 5.69 Å². The Labute approximate surface area is 189 Å². The third kappa shape index (κ3) is 5.68. The molecule has 32 heavy (non-hydrogen) atoms. The Morgan fingerprint density at radius 2 is 1.62 bits per heavy atom. The summed E-state index contributed by atoms with van der Waals surface area (Å²) in [6.07, 6.45) is 3.25. The Morgan fingerprint density at radius 3 is 2.19 bits per heavy atom. The van der Waals surface area contributed by atoms with Crippen LogP contribution >= 0.6 is 0 Å². The second kappa shape index (κ2) is 9.87. The molecule has 1 aliphatic heterocycles. The number of aliphatic carboxylic acids is 1. The summed E-state index contributed by atoms with van der Waals surface area (Å²) in [5.41, 5.74) is 2.83. The minimum atomic E-state index is -1.06. The molecule has 3 rings (SSSR count). The molecule has 0 saturated carbocycles. The van der Waals surface area contributed by atoms with Gasteiger partial charge in [-0.25, -0.2) is 0 Å². The summed E-state index contributed by atoms with van der Waals surface area (Å²) in [7, 11) is 0. The number of carbonyl (C=O) groups excluding carboxylic acids is 1. The SMILES string of the molecule is CC(C)(C)[C@@H](CO)NC(=O)C(CC(=O)O)N1C=CN(c2ccc(-c3ccccc3)cc2)C1. The fourth-order valence-corrected chi connectivity index (χ4v) is 3.61. The first-order valence-corrected chi connectivity index (χ1v) is 10.7. The van der Waals surface area contributed by atoms with Crippen LogP contribution in [0.25, 0.3) is 11.1 Å². The number of carbonyl (C=O) groups is 2. The highest BCUT2D eigenvalue weighted by Gasteiger charge is 2.33. The molecule has 1 unspecified atom stereocenters. The van der Waals surface area contributed by atoms with Gasteiger partial charge in [-0.2, -0.15) is 0 Å². The molecule has 2 aromatic rings. The Hall–Kier alpha value is -3.32. The summed E-state index contributed by atoms with van der Waals surface area (Å²) in [4.78, 5) is 28.1. The van der Waals surface area contributed by atoms with Gasteiger partial charge < -0.3 is 25.3 Å². The maximum absolute atomic E-state index is 12.9. The highest BCUT2D eigenvalue weighted by molar-refractivity contribution is 5.86. The van der Waals surface area contributed by atoms with Gasteiger partial charge in [-0.15, -0.1) is 0 Å². The first-order valence-electron chi connectivity index (χ1n) is 10.7. The summed E-state index contributed by atoms with van der Waals surface area (Å²) in [6, 6.07) is 16.8. The first kappa shape index (κ1) is 23.3. The number of benzene rings is 2. The van der Waals surface area contributed by atoms with Gasteiger partial charge in [0.2, 0.25) is 5.91 Å². The van der Waals surface area contributed by atoms with Crippen LogP contribution < -0.4 is 10.2 Å². The molecule has 2 aromatic carbocycles. The number of aliphatic hydroxyl groups is 1. The fraction of sp³-hybridized carbons (Fsp3) is 0.360. The zero-order valence-electron chi connectivity index (χ0n) is 18.7. The van der Waals surface area contributed by atoms with Gasteiger partial charge in [-0.3, -0.25) is 9.59 Å². The molecule has 170 valence electrons. The van der Waals surface area contributed by atoms with E-state index < -0.39 is 24.0 Å². The number of nitrogens with one attached hydrogen (secondary N) is 1. The van der Waals surface area contributed by atoms with E-state index in [0.717, 1.165) is 16.8 Å². The molecule has 3 N–H and O–H groups in total. The molecule has 1 aliphatic rings. The predicted octanol–water partition coefficient (Wildman–Crippen LogP) is 3.27. The summed E-state index contributed by atoms with van der Waals surface area (Å²) >= 11 is 0. The van der Waals surface area contributed by atoms with Gasteiger partial charge in [0.1, 0.15) is 6.04 Å². The van der Waals surface area contributed by atoms with Gasteiger partial charge in [0, 0.05) is 18.1 Å². The van der Waals surface area contributed by atoms with E-state index in [1.807, 2.05) is 74.3 Å². The molecule has 1 amide bonds. The lowest BCUT2D eigenvalue weighted by Gasteiger charge is -2.33. The monoisotopic (exact) mass is 437 g/mol. The van der Waals surface area contributed by atoms with Crippen LogP contribution in [0.3, 0.4) is 0 Å². The molecule has 2 atom stereocenters. The van der Waals surface area contributed by atoms with Crippen molar-refractivity contribution in [1.29, 1.82) is 0 Å². The van der Waals surface area contributed by atoms with Gasteiger partial charge in [0.25, 0.3) is 0 Å². The van der Waals surface area contributed by atoms with Crippen molar-refractivity contribution in [2.75, 3.05) is 18.2 Å². The van der Waals surface area contributed by atoms with E-state index in [1.165, 1.54) is 0 Å². The van der Waals surface area contributed by atoms with Crippen molar-refractivity contribution in [3.05, 3.63) is 67.0 Å². The van der Waals surface area contributed by atoms with E-state index in [4.69, 9.17) is 0 Å². The number of hydrogen-bond donors (Lipinski definition) is 3. The number of amides is 1. The maximum atomic E-state index is 12.9. The quantitative estimate of drug-likeness (QED) is 0.587. The third-order valence-electron chi connectivity index (χ3n) is 5.68. The number of anilines is 1. The lowest BCUT2D eigenvalue weighted by molar-refractivity contribution is -0.141. The largest absolute Gasteiger partial charge is 0.481 e. The minimum absolute atomic E-state index is 0.218. The molecule has 1 heterocycles. The Kier molecular flexibility index (Phi) is 7.20. The number of carboxylic acid groups (broad SMARTS) is 1. The van der Waals surface area contributed by atoms with Gasteiger partial charge in [-0.1, -0.05) is 63.2 Å². The standard InChI is InChI=1S/C25H31N3O4/c1-25(2,3)22(16-29)26-24(32)21(15-23(30)31)28-14-13-27(17-28)20-11-9-19(10-12-20)18-7-5-4-6-8-18/h4-14,21-22,29H,15-17H2,1-3H3,(H,26,32)(H,30,31)/t21?,22-/m1/s1. The highest BCUT2D eigenvalue weighted by atomic mass is 16.4. The Bertz CT molecular complexity index is 951. The minimum Gasteiger partial charge on any atom is -0.481 e. The molecule has 0 aliphatic carbocycles. The van der Waals surface area contributed by atoms with E-state index in [0.29, 0.717) is 6.67 Å². The predicted molar refractivity (Wildman–Crippen MR) is 125 cm³/mol. The number of hydrogen-bond acceptors (Lipinski definition) is 5. The normalized spacial score (nSPS) is 15.5. The summed E-state index contributed by atoms with van der Waals surface area (Å²) < 4.78 is 0. The topological polar surface area (TPSA) is 93.1 Å². The van der Waals surface area contributed by atoms with Gasteiger partial charge in [0.05, 0.1) is 25.7 Å². The summed E-state index contributed by atoms with van der Waals surface area (Å²) in [5, 5.41) is 21.9. The Balaban J connectivity index is 1.71. The van der Waals surface area contributed by atoms with Crippen molar-refractivity contribution in [3.8, 4) is 11.1 Å². The molecule has 0 aromatic heterocycles. The highest BCUT2D eigenvalue weighted by Crippen LogP contribution is 2.26. The lowest BCUT2D eigenvalue weighted by Crippen LogP contribution is -2.53. The molecule has 0 radical (unpaired) electrons. The van der Waals surface area contributed by atoms with Crippen LogP contribution in [0.5, 0.6) is 0 Å². The smallest absolute Gasteiger partial charge is 0.305 e. The van der Waals surface area contributed by atoms with Crippen molar-refractivity contribution in [2.45, 2.75) is 39.3 Å². The summed E-state index contributed by atoms with van der Waals surface area (Å²) in [6.45, 7) is 5.88. The molecule has 0 fully saturated rings. The molecular formula is C25H31N3O4. The van der Waals surface area contributed by atoms with E-state index in [-0.39, 0.29) is 18.4 Å². The first-order chi connectivity index (χ1) is 15.2. The van der Waals surface area contributed by atoms with Crippen LogP contribution in [-0.2, 0) is 9.59 Å². The molecule has 0 bridgehead atoms. The third-order valence-corrected chi connectivity index (χ3v) is 5.68. The van der Waals surface area contributed by atoms with Crippen molar-refractivity contribution in [1.82, 2.24) is 10.2 Å². The second-order valence-electron chi connectivity index (χ2n) is 9.06. The zero-order chi connectivity index (χ0) is 23.3. The number of carboxylic acids is 1. The average molecular weight is 438 g/mol. The lowest BCUT2D eigenvalue weighted by atomic mass is 9.87. The van der Waals surface area contributed by atoms with Gasteiger partial charge >= 0.3 is 5.97 Å². The molecule has 7 heteroatoms. The number of aliphatic hydroxyl groups excluding tert-OH is 1. The van der Waals surface area contributed by atoms with Gasteiger partial charge in [-0.05, 0) is 28.7 Å². The van der Waals surface area contributed by atoms with Crippen LogP contribution in [0, 0.1) is 5.41 Å². The maximum Gasteiger partial charge on any atom is 0.305 e. The second-order valence-corrected chi connectivity index (χ2v) is 9.06. The van der Waals surface area contributed by atoms with E-state index in [9.17, 15) is 19.8 Å². The van der Waals surface area contributed by atoms with Crippen molar-refractivity contribution < 1.29 is 19.8 Å². The van der Waals surface area contributed by atoms with Crippen LogP contribution in [0.2, 0.25) is 0 Å². The molecule has 7 nitrogen and oxygen atoms in total. The molecule has 0 spiro atoms. The Morgan fingerprint density at radius 1 is 1.00 bits per heavy atom. The van der Waals surface area contributed by atoms with Crippen molar-refractivity contribution in [3.63, 3.8) is 0 Å². The fourth-order valence-electron chi connectivity index (χ4n) is 3.61. The zero-order valence-corrected chi connectivity index (χ0v) is 18.7. The van der Waals surface area contributed by atoms with Gasteiger partial charge in [0.15, 0.2) is 0 Å². The van der Waals surface area contributed by atoms with E-state index in [2.05, 4.69) is 17.4 Å². The van der Waals surface area contributed by atoms with Crippen molar-refractivity contribution in [2.24, 2.45) is 5.41 Å². The van der Waals surface area contributed by atoms with Crippen molar-refractivity contribution >= 4 is 17.6 Å². The van der Waals surface area contributed by atoms with E-state index in [1.54, 1.807) is 11.1 Å². The summed E-state index contributed by atoms with van der Waals surface area (Å²) in [5.74, 6) is -1.46. The molecular weight excluding hydrogens is 406 g/mol. The van der Waals surface area contributed by atoms with Crippen LogP contribution in [-0.4, -0.2) is 52.3 Å².